The first kappa shape index (κ1) is 45.3. The minimum Gasteiger partial charge on any atom is -0.446 e. The number of para-hydroxylation sites is 1. The van der Waals surface area contributed by atoms with Crippen molar-refractivity contribution in [3.63, 3.8) is 0 Å². The van der Waals surface area contributed by atoms with Gasteiger partial charge in [0.25, 0.3) is 5.91 Å². The van der Waals surface area contributed by atoms with Gasteiger partial charge in [0.2, 0.25) is 11.8 Å². The van der Waals surface area contributed by atoms with Gasteiger partial charge in [-0.1, -0.05) is 12.1 Å². The standard InChI is InChI=1S/C47H67N11O6/c1-29(2)49-45(62)64-36-16-13-31(23-36)39-24-40(52-58(39)47(3,4)5)50-43(60)33-25-48-56(28-33)35-14-11-30(12-15-35)26-53(6)34-19-21-55(22-20-34)27-32-9-8-10-37-42(32)54(7)46(63)57(37)38-17-18-41(59)51-44(38)61/h8-10,24-25,28-31,34-36,38H,11-23,26-27H2,1-7H3,(H,49,62)(H,50,52,60)(H,51,59,61)/t30?,31-,35?,36+,38?/m0/s1. The number of nitrogens with zero attached hydrogens (tertiary/aromatic N) is 8. The lowest BCUT2D eigenvalue weighted by Gasteiger charge is -2.39. The van der Waals surface area contributed by atoms with E-state index in [0.717, 1.165) is 99.8 Å². The molecule has 8 rings (SSSR count). The molecular formula is C47H67N11O6. The zero-order valence-corrected chi connectivity index (χ0v) is 38.6. The van der Waals surface area contributed by atoms with Crippen LogP contribution in [0.5, 0.6) is 0 Å². The maximum absolute atomic E-state index is 13.5. The van der Waals surface area contributed by atoms with Crippen molar-refractivity contribution in [2.75, 3.05) is 32.0 Å². The number of fused-ring (bicyclic) bond motifs is 1. The summed E-state index contributed by atoms with van der Waals surface area (Å²) in [6, 6.07) is 7.98. The van der Waals surface area contributed by atoms with Gasteiger partial charge in [-0.3, -0.25) is 43.1 Å². The lowest BCUT2D eigenvalue weighted by Crippen LogP contribution is -2.44. The first-order chi connectivity index (χ1) is 30.5. The molecule has 2 saturated carbocycles. The van der Waals surface area contributed by atoms with Gasteiger partial charge in [0.15, 0.2) is 5.82 Å². The van der Waals surface area contributed by atoms with Gasteiger partial charge in [-0.05, 0) is 137 Å². The molecule has 2 saturated heterocycles. The Morgan fingerprint density at radius 2 is 1.75 bits per heavy atom. The zero-order chi connectivity index (χ0) is 45.4. The predicted octanol–water partition coefficient (Wildman–Crippen LogP) is 5.82. The number of hydrogen-bond donors (Lipinski definition) is 3. The van der Waals surface area contributed by atoms with E-state index in [1.54, 1.807) is 22.4 Å². The second-order valence-corrected chi connectivity index (χ2v) is 20.1. The molecule has 1 unspecified atom stereocenters. The van der Waals surface area contributed by atoms with Crippen molar-refractivity contribution < 1.29 is 23.9 Å². The summed E-state index contributed by atoms with van der Waals surface area (Å²) in [6.45, 7) is 13.8. The highest BCUT2D eigenvalue weighted by atomic mass is 16.6. The van der Waals surface area contributed by atoms with Crippen LogP contribution in [-0.4, -0.2) is 107 Å². The highest BCUT2D eigenvalue weighted by molar-refractivity contribution is 6.03. The molecule has 2 aliphatic heterocycles. The molecule has 17 nitrogen and oxygen atoms in total. The first-order valence-electron chi connectivity index (χ1n) is 23.4. The third-order valence-electron chi connectivity index (χ3n) is 14.0. The van der Waals surface area contributed by atoms with Gasteiger partial charge in [0, 0.05) is 62.5 Å². The second kappa shape index (κ2) is 18.7. The fourth-order valence-electron chi connectivity index (χ4n) is 10.6. The van der Waals surface area contributed by atoms with E-state index in [2.05, 4.69) is 64.7 Å². The quantitative estimate of drug-likeness (QED) is 0.147. The molecule has 3 N–H and O–H groups in total. The van der Waals surface area contributed by atoms with Crippen LogP contribution in [0.25, 0.3) is 11.0 Å². The van der Waals surface area contributed by atoms with Crippen molar-refractivity contribution in [3.8, 4) is 0 Å². The zero-order valence-electron chi connectivity index (χ0n) is 38.6. The van der Waals surface area contributed by atoms with Crippen LogP contribution in [0.4, 0.5) is 10.6 Å². The van der Waals surface area contributed by atoms with Gasteiger partial charge in [0.1, 0.15) is 12.1 Å². The molecule has 0 spiro atoms. The number of amides is 4. The van der Waals surface area contributed by atoms with Gasteiger partial charge in [-0.15, -0.1) is 0 Å². The molecule has 4 amide bonds. The smallest absolute Gasteiger partial charge is 0.407 e. The van der Waals surface area contributed by atoms with Crippen molar-refractivity contribution in [1.82, 2.24) is 49.1 Å². The Balaban J connectivity index is 0.801. The number of nitrogens with one attached hydrogen (secondary N) is 3. The summed E-state index contributed by atoms with van der Waals surface area (Å²) >= 11 is 0. The van der Waals surface area contributed by atoms with Crippen molar-refractivity contribution in [2.45, 2.75) is 154 Å². The number of carbonyl (C=O) groups is 4. The molecular weight excluding hydrogens is 815 g/mol. The number of aryl methyl sites for hydroxylation is 1. The largest absolute Gasteiger partial charge is 0.446 e. The maximum Gasteiger partial charge on any atom is 0.407 e. The molecule has 5 heterocycles. The fourth-order valence-corrected chi connectivity index (χ4v) is 10.6. The van der Waals surface area contributed by atoms with E-state index in [0.29, 0.717) is 36.2 Å². The summed E-state index contributed by atoms with van der Waals surface area (Å²) < 4.78 is 12.9. The summed E-state index contributed by atoms with van der Waals surface area (Å²) in [6.07, 6.45) is 12.3. The molecule has 2 aliphatic carbocycles. The fraction of sp³-hybridized carbons (Fsp3) is 0.638. The van der Waals surface area contributed by atoms with E-state index >= 15 is 0 Å². The lowest BCUT2D eigenvalue weighted by atomic mass is 9.85. The molecule has 4 fully saturated rings. The van der Waals surface area contributed by atoms with Crippen LogP contribution < -0.4 is 21.6 Å². The van der Waals surface area contributed by atoms with Crippen LogP contribution >= 0.6 is 0 Å². The second-order valence-electron chi connectivity index (χ2n) is 20.1. The topological polar surface area (TPSA) is 183 Å². The van der Waals surface area contributed by atoms with Crippen LogP contribution in [0.1, 0.15) is 145 Å². The number of carbonyl (C=O) groups excluding carboxylic acids is 4. The van der Waals surface area contributed by atoms with Crippen molar-refractivity contribution in [1.29, 1.82) is 0 Å². The average molecular weight is 882 g/mol. The van der Waals surface area contributed by atoms with Crippen LogP contribution in [-0.2, 0) is 33.5 Å². The number of alkyl carbamates (subject to hydrolysis) is 1. The number of rotatable bonds is 12. The average Bonchev–Trinajstić information content (AvgIpc) is 4.06. The van der Waals surface area contributed by atoms with Crippen LogP contribution in [0.2, 0.25) is 0 Å². The van der Waals surface area contributed by atoms with Crippen LogP contribution in [0.3, 0.4) is 0 Å². The van der Waals surface area contributed by atoms with Crippen LogP contribution in [0, 0.1) is 5.92 Å². The predicted molar refractivity (Wildman–Crippen MR) is 243 cm³/mol. The van der Waals surface area contributed by atoms with E-state index in [9.17, 15) is 24.0 Å². The number of benzene rings is 1. The molecule has 1 aromatic carbocycles. The van der Waals surface area contributed by atoms with E-state index < -0.39 is 11.9 Å². The van der Waals surface area contributed by atoms with E-state index in [1.165, 1.54) is 0 Å². The van der Waals surface area contributed by atoms with Crippen LogP contribution in [0.15, 0.2) is 41.5 Å². The molecule has 4 aromatic rings. The normalized spacial score (nSPS) is 23.9. The van der Waals surface area contributed by atoms with Gasteiger partial charge in [0.05, 0.1) is 34.4 Å². The Bertz CT molecular complexity index is 2410. The first-order valence-corrected chi connectivity index (χ1v) is 23.4. The molecule has 0 bridgehead atoms. The number of aromatic nitrogens is 6. The van der Waals surface area contributed by atoms with Gasteiger partial charge in [-0.2, -0.15) is 10.2 Å². The molecule has 3 atom stereocenters. The highest BCUT2D eigenvalue weighted by Gasteiger charge is 2.35. The third-order valence-corrected chi connectivity index (χ3v) is 14.0. The number of ether oxygens (including phenoxy) is 1. The minimum absolute atomic E-state index is 0.0150. The molecule has 0 radical (unpaired) electrons. The van der Waals surface area contributed by atoms with E-state index in [4.69, 9.17) is 9.84 Å². The molecule has 17 heteroatoms. The SMILES string of the molecule is CC(C)NC(=O)O[C@@H]1CC[C@H](c2cc(NC(=O)c3cnn(C4CCC(CN(C)C5CCN(Cc6cccc7c6n(C)c(=O)n7C6CCC(=O)NC6=O)CC5)CC4)c3)nn2C(C)(C)C)C1. The number of hydrogen-bond acceptors (Lipinski definition) is 10. The number of imidazole rings is 1. The highest BCUT2D eigenvalue weighted by Crippen LogP contribution is 2.39. The monoisotopic (exact) mass is 882 g/mol. The Morgan fingerprint density at radius 3 is 2.45 bits per heavy atom. The Labute approximate surface area is 375 Å². The maximum atomic E-state index is 13.5. The third kappa shape index (κ3) is 9.84. The Hall–Kier alpha value is -5.29. The minimum atomic E-state index is -0.694. The molecule has 4 aliphatic rings. The van der Waals surface area contributed by atoms with Gasteiger partial charge in [-0.25, -0.2) is 9.59 Å². The summed E-state index contributed by atoms with van der Waals surface area (Å²) in [5, 5.41) is 17.7. The summed E-state index contributed by atoms with van der Waals surface area (Å²) in [7, 11) is 4.03. The summed E-state index contributed by atoms with van der Waals surface area (Å²) in [5.41, 5.74) is 3.64. The van der Waals surface area contributed by atoms with Gasteiger partial charge < -0.3 is 20.3 Å². The number of anilines is 1. The lowest BCUT2D eigenvalue weighted by molar-refractivity contribution is -0.135. The Kier molecular flexibility index (Phi) is 13.2. The number of likely N-dealkylation sites (tertiary alicyclic amines) is 1. The number of piperidine rings is 2. The summed E-state index contributed by atoms with van der Waals surface area (Å²) in [4.78, 5) is 68.7. The summed E-state index contributed by atoms with van der Waals surface area (Å²) in [5.74, 6) is 0.324. The van der Waals surface area contributed by atoms with Gasteiger partial charge >= 0.3 is 11.8 Å². The van der Waals surface area contributed by atoms with E-state index in [-0.39, 0.29) is 59.7 Å². The van der Waals surface area contributed by atoms with E-state index in [1.807, 2.05) is 47.6 Å². The number of imide groups is 1. The van der Waals surface area contributed by atoms with Crippen molar-refractivity contribution in [3.05, 3.63) is 64.0 Å². The Morgan fingerprint density at radius 1 is 1.00 bits per heavy atom. The molecule has 3 aromatic heterocycles. The molecule has 64 heavy (non-hydrogen) atoms. The van der Waals surface area contributed by atoms with Crippen molar-refractivity contribution >= 4 is 40.7 Å². The molecule has 346 valence electrons. The van der Waals surface area contributed by atoms with Crippen molar-refractivity contribution in [2.24, 2.45) is 13.0 Å².